The number of anilines is 1. The van der Waals surface area contributed by atoms with E-state index in [0.717, 1.165) is 61.7 Å². The topological polar surface area (TPSA) is 32.8 Å². The van der Waals surface area contributed by atoms with E-state index < -0.39 is 0 Å². The van der Waals surface area contributed by atoms with E-state index in [2.05, 4.69) is 34.1 Å². The largest absolute Gasteiger partial charge is 0.495 e. The number of para-hydroxylation sites is 2. The molecule has 3 aromatic rings. The average Bonchev–Trinajstić information content (AvgIpc) is 2.85. The van der Waals surface area contributed by atoms with Crippen molar-refractivity contribution in [2.45, 2.75) is 12.3 Å². The van der Waals surface area contributed by atoms with Crippen LogP contribution in [0, 0.1) is 0 Å². The lowest BCUT2D eigenvalue weighted by molar-refractivity contribution is 0.0947. The Kier molecular flexibility index (Phi) is 7.00. The second-order valence-electron chi connectivity index (χ2n) is 7.98. The van der Waals surface area contributed by atoms with E-state index in [0.29, 0.717) is 0 Å². The molecule has 0 aromatic heterocycles. The van der Waals surface area contributed by atoms with Crippen LogP contribution in [0.5, 0.6) is 5.75 Å². The minimum absolute atomic E-state index is 0.115. The molecule has 1 atom stereocenters. The van der Waals surface area contributed by atoms with Gasteiger partial charge in [-0.2, -0.15) is 0 Å². The second kappa shape index (κ2) is 10.3. The van der Waals surface area contributed by atoms with E-state index in [1.54, 1.807) is 7.11 Å². The number of benzene rings is 3. The van der Waals surface area contributed by atoms with Gasteiger partial charge in [-0.1, -0.05) is 72.8 Å². The number of Topliss-reactive ketones (excluding diaryl/α,β-unsaturated/α-hetero) is 1. The lowest BCUT2D eigenvalue weighted by Gasteiger charge is -2.37. The maximum Gasteiger partial charge on any atom is 0.170 e. The van der Waals surface area contributed by atoms with Crippen LogP contribution in [-0.4, -0.2) is 50.5 Å². The monoisotopic (exact) mass is 414 g/mol. The van der Waals surface area contributed by atoms with Gasteiger partial charge in [-0.25, -0.2) is 0 Å². The number of hydrogen-bond acceptors (Lipinski definition) is 4. The SMILES string of the molecule is COc1ccccc1N1CCN(CC[C@H](C(=O)c2ccccc2)c2ccccc2)CC1. The highest BCUT2D eigenvalue weighted by molar-refractivity contribution is 6.00. The quantitative estimate of drug-likeness (QED) is 0.492. The lowest BCUT2D eigenvalue weighted by atomic mass is 9.88. The number of carbonyl (C=O) groups excluding carboxylic acids is 1. The van der Waals surface area contributed by atoms with Gasteiger partial charge < -0.3 is 9.64 Å². The van der Waals surface area contributed by atoms with Gasteiger partial charge in [0.15, 0.2) is 5.78 Å². The fraction of sp³-hybridized carbons (Fsp3) is 0.296. The zero-order valence-corrected chi connectivity index (χ0v) is 18.1. The molecule has 0 unspecified atom stereocenters. The van der Waals surface area contributed by atoms with Crippen molar-refractivity contribution in [1.82, 2.24) is 4.90 Å². The summed E-state index contributed by atoms with van der Waals surface area (Å²) in [5.41, 5.74) is 3.05. The number of ketones is 1. The molecule has 0 aliphatic carbocycles. The summed E-state index contributed by atoms with van der Waals surface area (Å²) in [6.07, 6.45) is 0.826. The van der Waals surface area contributed by atoms with Crippen molar-refractivity contribution < 1.29 is 9.53 Å². The zero-order chi connectivity index (χ0) is 21.5. The molecule has 4 heteroatoms. The highest BCUT2D eigenvalue weighted by Gasteiger charge is 2.25. The van der Waals surface area contributed by atoms with Crippen molar-refractivity contribution >= 4 is 11.5 Å². The molecule has 0 spiro atoms. The van der Waals surface area contributed by atoms with Crippen molar-refractivity contribution in [1.29, 1.82) is 0 Å². The molecular formula is C27H30N2O2. The van der Waals surface area contributed by atoms with E-state index >= 15 is 0 Å². The lowest BCUT2D eigenvalue weighted by Crippen LogP contribution is -2.47. The molecule has 160 valence electrons. The van der Waals surface area contributed by atoms with Gasteiger partial charge in [-0.15, -0.1) is 0 Å². The maximum atomic E-state index is 13.3. The van der Waals surface area contributed by atoms with Crippen LogP contribution >= 0.6 is 0 Å². The Morgan fingerprint density at radius 2 is 1.45 bits per heavy atom. The van der Waals surface area contributed by atoms with Gasteiger partial charge in [0.1, 0.15) is 5.75 Å². The van der Waals surface area contributed by atoms with Gasteiger partial charge >= 0.3 is 0 Å². The summed E-state index contributed by atoms with van der Waals surface area (Å²) >= 11 is 0. The summed E-state index contributed by atoms with van der Waals surface area (Å²) in [4.78, 5) is 18.1. The van der Waals surface area contributed by atoms with Gasteiger partial charge in [0.25, 0.3) is 0 Å². The number of nitrogens with zero attached hydrogens (tertiary/aromatic N) is 2. The molecule has 4 nitrogen and oxygen atoms in total. The van der Waals surface area contributed by atoms with Gasteiger partial charge in [0.05, 0.1) is 12.8 Å². The molecule has 0 N–H and O–H groups in total. The number of rotatable bonds is 8. The second-order valence-corrected chi connectivity index (χ2v) is 7.98. The number of ether oxygens (including phenoxy) is 1. The third-order valence-corrected chi connectivity index (χ3v) is 6.11. The van der Waals surface area contributed by atoms with Crippen LogP contribution in [0.4, 0.5) is 5.69 Å². The highest BCUT2D eigenvalue weighted by atomic mass is 16.5. The summed E-state index contributed by atoms with van der Waals surface area (Å²) in [7, 11) is 1.72. The summed E-state index contributed by atoms with van der Waals surface area (Å²) in [5, 5.41) is 0. The fourth-order valence-electron chi connectivity index (χ4n) is 4.35. The summed E-state index contributed by atoms with van der Waals surface area (Å²) in [5.74, 6) is 1.02. The first kappa shape index (κ1) is 21.1. The first-order chi connectivity index (χ1) is 15.3. The van der Waals surface area contributed by atoms with Crippen LogP contribution in [0.1, 0.15) is 28.3 Å². The van der Waals surface area contributed by atoms with Gasteiger partial charge in [-0.3, -0.25) is 9.69 Å². The molecule has 0 amide bonds. The number of piperazine rings is 1. The Morgan fingerprint density at radius 1 is 0.839 bits per heavy atom. The van der Waals surface area contributed by atoms with Crippen molar-refractivity contribution in [3.8, 4) is 5.75 Å². The number of hydrogen-bond donors (Lipinski definition) is 0. The fourth-order valence-corrected chi connectivity index (χ4v) is 4.35. The van der Waals surface area contributed by atoms with Crippen LogP contribution in [0.3, 0.4) is 0 Å². The van der Waals surface area contributed by atoms with E-state index in [1.807, 2.05) is 60.7 Å². The molecule has 4 rings (SSSR count). The minimum atomic E-state index is -0.115. The number of carbonyl (C=O) groups is 1. The molecule has 0 radical (unpaired) electrons. The highest BCUT2D eigenvalue weighted by Crippen LogP contribution is 2.29. The van der Waals surface area contributed by atoms with E-state index in [1.165, 1.54) is 0 Å². The van der Waals surface area contributed by atoms with Crippen LogP contribution in [-0.2, 0) is 0 Å². The number of methoxy groups -OCH3 is 1. The zero-order valence-electron chi connectivity index (χ0n) is 18.1. The van der Waals surface area contributed by atoms with E-state index in [9.17, 15) is 4.79 Å². The van der Waals surface area contributed by atoms with E-state index in [-0.39, 0.29) is 11.7 Å². The van der Waals surface area contributed by atoms with Crippen LogP contribution in [0.2, 0.25) is 0 Å². The standard InChI is InChI=1S/C27H30N2O2/c1-31-26-15-9-8-14-25(26)29-20-18-28(19-21-29)17-16-24(22-10-4-2-5-11-22)27(30)23-12-6-3-7-13-23/h2-15,24H,16-21H2,1H3/t24-/m0/s1. The molecule has 0 bridgehead atoms. The van der Waals surface area contributed by atoms with Crippen molar-refractivity contribution in [3.05, 3.63) is 96.1 Å². The first-order valence-electron chi connectivity index (χ1n) is 11.0. The summed E-state index contributed by atoms with van der Waals surface area (Å²) in [6.45, 7) is 4.81. The Bertz CT molecular complexity index is 967. The third-order valence-electron chi connectivity index (χ3n) is 6.11. The van der Waals surface area contributed by atoms with Crippen LogP contribution in [0.15, 0.2) is 84.9 Å². The molecule has 1 aliphatic rings. The average molecular weight is 415 g/mol. The summed E-state index contributed by atoms with van der Waals surface area (Å²) in [6, 6.07) is 28.1. The van der Waals surface area contributed by atoms with Gasteiger partial charge in [-0.05, 0) is 30.7 Å². The van der Waals surface area contributed by atoms with Crippen molar-refractivity contribution in [2.75, 3.05) is 44.7 Å². The molecule has 1 saturated heterocycles. The van der Waals surface area contributed by atoms with Crippen molar-refractivity contribution in [3.63, 3.8) is 0 Å². The van der Waals surface area contributed by atoms with Crippen LogP contribution < -0.4 is 9.64 Å². The van der Waals surface area contributed by atoms with Crippen LogP contribution in [0.25, 0.3) is 0 Å². The predicted octanol–water partition coefficient (Wildman–Crippen LogP) is 4.87. The first-order valence-corrected chi connectivity index (χ1v) is 11.0. The van der Waals surface area contributed by atoms with Gasteiger partial charge in [0, 0.05) is 37.7 Å². The Morgan fingerprint density at radius 3 is 2.13 bits per heavy atom. The Balaban J connectivity index is 1.40. The molecule has 1 fully saturated rings. The minimum Gasteiger partial charge on any atom is -0.495 e. The summed E-state index contributed by atoms with van der Waals surface area (Å²) < 4.78 is 5.53. The third kappa shape index (κ3) is 5.15. The molecule has 31 heavy (non-hydrogen) atoms. The smallest absolute Gasteiger partial charge is 0.170 e. The normalized spacial score (nSPS) is 15.5. The molecule has 3 aromatic carbocycles. The van der Waals surface area contributed by atoms with Crippen molar-refractivity contribution in [2.24, 2.45) is 0 Å². The van der Waals surface area contributed by atoms with E-state index in [4.69, 9.17) is 4.74 Å². The molecule has 1 aliphatic heterocycles. The Labute approximate surface area is 185 Å². The molecule has 1 heterocycles. The Hall–Kier alpha value is -3.11. The maximum absolute atomic E-state index is 13.3. The predicted molar refractivity (Wildman–Crippen MR) is 126 cm³/mol. The molecule has 0 saturated carbocycles. The van der Waals surface area contributed by atoms with Gasteiger partial charge in [0.2, 0.25) is 0 Å². The molecular weight excluding hydrogens is 384 g/mol.